The molecule has 0 amide bonds. The van der Waals surface area contributed by atoms with Crippen molar-refractivity contribution in [1.82, 2.24) is 14.2 Å². The average molecular weight is 582 g/mol. The highest BCUT2D eigenvalue weighted by Gasteiger charge is 2.47. The number of likely N-dealkylation sites (tertiary alicyclic amines) is 1. The number of fused-ring (bicyclic) bond motifs is 3. The van der Waals surface area contributed by atoms with E-state index in [2.05, 4.69) is 29.2 Å². The first-order valence-corrected chi connectivity index (χ1v) is 15.3. The Morgan fingerprint density at radius 3 is 2.80 bits per heavy atom. The number of anilines is 1. The summed E-state index contributed by atoms with van der Waals surface area (Å²) >= 11 is 8.68. The molecule has 6 nitrogen and oxygen atoms in total. The Kier molecular flexibility index (Phi) is 8.15. The van der Waals surface area contributed by atoms with E-state index in [1.807, 2.05) is 36.4 Å². The van der Waals surface area contributed by atoms with Crippen molar-refractivity contribution in [3.63, 3.8) is 0 Å². The van der Waals surface area contributed by atoms with Crippen LogP contribution in [0.2, 0.25) is 0 Å². The van der Waals surface area contributed by atoms with Gasteiger partial charge in [-0.3, -0.25) is 0 Å². The molecule has 9 heteroatoms. The number of likely N-dealkylation sites (N-methyl/N-ethyl adjacent to an activating group) is 1. The van der Waals surface area contributed by atoms with Crippen LogP contribution in [0.3, 0.4) is 0 Å². The summed E-state index contributed by atoms with van der Waals surface area (Å²) in [5, 5.41) is 4.52. The SMILES string of the molecule is CN(C)C1CCN(CCC2CCc3c(sc4c3C(Nc3ccccc3)(OCc3cccc(F)c3)N(Cl)C=N4)C2)C1. The van der Waals surface area contributed by atoms with Gasteiger partial charge in [-0.05, 0) is 101 Å². The molecule has 1 fully saturated rings. The number of rotatable bonds is 9. The van der Waals surface area contributed by atoms with Gasteiger partial charge < -0.3 is 19.9 Å². The number of halogens is 2. The van der Waals surface area contributed by atoms with Gasteiger partial charge in [-0.15, -0.1) is 11.3 Å². The van der Waals surface area contributed by atoms with Crippen LogP contribution in [0.5, 0.6) is 0 Å². The summed E-state index contributed by atoms with van der Waals surface area (Å²) < 4.78 is 22.2. The molecule has 212 valence electrons. The maximum atomic E-state index is 14.0. The third kappa shape index (κ3) is 5.65. The fourth-order valence-corrected chi connectivity index (χ4v) is 7.80. The minimum absolute atomic E-state index is 0.186. The zero-order valence-corrected chi connectivity index (χ0v) is 24.7. The van der Waals surface area contributed by atoms with Gasteiger partial charge in [-0.2, -0.15) is 0 Å². The Balaban J connectivity index is 1.26. The summed E-state index contributed by atoms with van der Waals surface area (Å²) in [5.74, 6) is -0.809. The monoisotopic (exact) mass is 581 g/mol. The minimum Gasteiger partial charge on any atom is -0.335 e. The lowest BCUT2D eigenvalue weighted by molar-refractivity contribution is -0.0924. The summed E-state index contributed by atoms with van der Waals surface area (Å²) in [6, 6.07) is 17.1. The molecule has 1 saturated heterocycles. The van der Waals surface area contributed by atoms with E-state index >= 15 is 0 Å². The number of ether oxygens (including phenoxy) is 1. The molecular formula is C31H37ClFN5OS. The highest BCUT2D eigenvalue weighted by molar-refractivity contribution is 7.16. The average Bonchev–Trinajstić information content (AvgIpc) is 3.58. The molecule has 0 bridgehead atoms. The Morgan fingerprint density at radius 1 is 1.18 bits per heavy atom. The van der Waals surface area contributed by atoms with Gasteiger partial charge in [-0.1, -0.05) is 30.3 Å². The molecule has 1 aliphatic carbocycles. The fourth-order valence-electron chi connectivity index (χ4n) is 6.24. The van der Waals surface area contributed by atoms with Gasteiger partial charge in [0.1, 0.15) is 17.2 Å². The van der Waals surface area contributed by atoms with E-state index in [4.69, 9.17) is 21.5 Å². The zero-order valence-electron chi connectivity index (χ0n) is 23.2. The molecule has 3 aromatic rings. The van der Waals surface area contributed by atoms with Crippen LogP contribution >= 0.6 is 23.1 Å². The molecule has 3 unspecified atom stereocenters. The van der Waals surface area contributed by atoms with Crippen LogP contribution in [0.4, 0.5) is 15.1 Å². The van der Waals surface area contributed by atoms with Crippen LogP contribution in [-0.4, -0.2) is 60.3 Å². The topological polar surface area (TPSA) is 43.3 Å². The lowest BCUT2D eigenvalue weighted by atomic mass is 9.84. The third-order valence-corrected chi connectivity index (χ3v) is 10.0. The molecule has 6 rings (SSSR count). The maximum absolute atomic E-state index is 14.0. The van der Waals surface area contributed by atoms with E-state index in [0.717, 1.165) is 41.1 Å². The van der Waals surface area contributed by atoms with Gasteiger partial charge >= 0.3 is 0 Å². The largest absolute Gasteiger partial charge is 0.335 e. The first kappa shape index (κ1) is 27.7. The summed E-state index contributed by atoms with van der Waals surface area (Å²) in [6.07, 6.45) is 7.27. The quantitative estimate of drug-likeness (QED) is 0.228. The van der Waals surface area contributed by atoms with E-state index in [1.54, 1.807) is 23.7 Å². The molecule has 1 aromatic heterocycles. The lowest BCUT2D eigenvalue weighted by Gasteiger charge is -2.42. The van der Waals surface area contributed by atoms with Crippen LogP contribution < -0.4 is 5.32 Å². The third-order valence-electron chi connectivity index (χ3n) is 8.52. The minimum atomic E-state index is -1.18. The van der Waals surface area contributed by atoms with Crippen molar-refractivity contribution in [2.45, 2.75) is 50.6 Å². The summed E-state index contributed by atoms with van der Waals surface area (Å²) in [5.41, 5.74) is 3.89. The first-order chi connectivity index (χ1) is 19.4. The Labute approximate surface area is 245 Å². The summed E-state index contributed by atoms with van der Waals surface area (Å²) in [6.45, 7) is 3.73. The summed E-state index contributed by atoms with van der Waals surface area (Å²) in [7, 11) is 4.38. The Hall–Kier alpha value is -2.49. The molecule has 3 heterocycles. The van der Waals surface area contributed by atoms with E-state index < -0.39 is 5.85 Å². The Bertz CT molecular complexity index is 1350. The molecular weight excluding hydrogens is 545 g/mol. The van der Waals surface area contributed by atoms with Crippen molar-refractivity contribution in [2.24, 2.45) is 10.9 Å². The van der Waals surface area contributed by atoms with Gasteiger partial charge in [0.2, 0.25) is 0 Å². The fraction of sp³-hybridized carbons (Fsp3) is 0.452. The number of hydrogen-bond donors (Lipinski definition) is 1. The van der Waals surface area contributed by atoms with Crippen LogP contribution in [0, 0.1) is 11.7 Å². The summed E-state index contributed by atoms with van der Waals surface area (Å²) in [4.78, 5) is 11.1. The van der Waals surface area contributed by atoms with Crippen molar-refractivity contribution < 1.29 is 9.13 Å². The molecule has 40 heavy (non-hydrogen) atoms. The molecule has 3 aliphatic rings. The number of nitrogens with one attached hydrogen (secondary N) is 1. The second-order valence-electron chi connectivity index (χ2n) is 11.4. The Morgan fingerprint density at radius 2 is 2.02 bits per heavy atom. The standard InChI is InChI=1S/C31H37ClFN5OS/c1-36(2)26-14-16-37(19-26)15-13-22-11-12-27-28(18-22)40-30-29(27)31(38(32)21-34-30,35-25-9-4-3-5-10-25)39-20-23-7-6-8-24(33)17-23/h3-10,17,21-22,26,35H,11-16,18-20H2,1-2H3. The number of benzene rings is 2. The van der Waals surface area contributed by atoms with Crippen molar-refractivity contribution in [3.8, 4) is 0 Å². The van der Waals surface area contributed by atoms with Crippen molar-refractivity contribution >= 4 is 40.1 Å². The van der Waals surface area contributed by atoms with E-state index in [-0.39, 0.29) is 12.4 Å². The van der Waals surface area contributed by atoms with Crippen molar-refractivity contribution in [1.29, 1.82) is 0 Å². The lowest BCUT2D eigenvalue weighted by Crippen LogP contribution is -2.51. The highest BCUT2D eigenvalue weighted by Crippen LogP contribution is 2.51. The number of aliphatic imine (C=N–C) groups is 1. The van der Waals surface area contributed by atoms with E-state index in [1.165, 1.54) is 59.5 Å². The normalized spacial score (nSPS) is 24.4. The number of nitrogens with zero attached hydrogens (tertiary/aromatic N) is 4. The zero-order chi connectivity index (χ0) is 27.7. The maximum Gasteiger partial charge on any atom is 0.265 e. The predicted molar refractivity (Wildman–Crippen MR) is 162 cm³/mol. The predicted octanol–water partition coefficient (Wildman–Crippen LogP) is 6.59. The first-order valence-electron chi connectivity index (χ1n) is 14.2. The molecule has 0 spiro atoms. The number of thiophene rings is 1. The number of hydrogen-bond acceptors (Lipinski definition) is 7. The van der Waals surface area contributed by atoms with Crippen LogP contribution in [-0.2, 0) is 30.0 Å². The molecule has 2 aromatic carbocycles. The van der Waals surface area contributed by atoms with Gasteiger partial charge in [0.15, 0.2) is 0 Å². The van der Waals surface area contributed by atoms with Crippen molar-refractivity contribution in [3.05, 3.63) is 82.0 Å². The van der Waals surface area contributed by atoms with Gasteiger partial charge in [0.25, 0.3) is 5.85 Å². The van der Waals surface area contributed by atoms with Gasteiger partial charge in [0, 0.05) is 34.9 Å². The number of para-hydroxylation sites is 1. The van der Waals surface area contributed by atoms with E-state index in [0.29, 0.717) is 12.0 Å². The van der Waals surface area contributed by atoms with Gasteiger partial charge in [-0.25, -0.2) is 13.8 Å². The second kappa shape index (κ2) is 11.8. The molecule has 1 N–H and O–H groups in total. The smallest absolute Gasteiger partial charge is 0.265 e. The second-order valence-corrected chi connectivity index (χ2v) is 12.8. The van der Waals surface area contributed by atoms with Crippen LogP contribution in [0.1, 0.15) is 40.8 Å². The molecule has 0 radical (unpaired) electrons. The molecule has 0 saturated carbocycles. The van der Waals surface area contributed by atoms with Crippen LogP contribution in [0.15, 0.2) is 59.6 Å². The van der Waals surface area contributed by atoms with Crippen LogP contribution in [0.25, 0.3) is 0 Å². The van der Waals surface area contributed by atoms with E-state index in [9.17, 15) is 4.39 Å². The van der Waals surface area contributed by atoms with Crippen molar-refractivity contribution in [2.75, 3.05) is 39.0 Å². The highest BCUT2D eigenvalue weighted by atomic mass is 35.5. The van der Waals surface area contributed by atoms with Gasteiger partial charge in [0.05, 0.1) is 12.2 Å². The molecule has 2 aliphatic heterocycles. The molecule has 3 atom stereocenters.